The zero-order valence-corrected chi connectivity index (χ0v) is 14.0. The van der Waals surface area contributed by atoms with Gasteiger partial charge in [0.1, 0.15) is 0 Å². The summed E-state index contributed by atoms with van der Waals surface area (Å²) in [6.45, 7) is 9.41. The van der Waals surface area contributed by atoms with Crippen LogP contribution in [0.1, 0.15) is 45.0 Å². The summed E-state index contributed by atoms with van der Waals surface area (Å²) in [5, 5.41) is 11.5. The number of benzene rings is 1. The third-order valence-electron chi connectivity index (χ3n) is 2.92. The predicted molar refractivity (Wildman–Crippen MR) is 86.3 cm³/mol. The van der Waals surface area contributed by atoms with Crippen LogP contribution in [0.15, 0.2) is 33.6 Å². The van der Waals surface area contributed by atoms with E-state index in [0.29, 0.717) is 17.5 Å². The molecule has 0 aliphatic rings. The Morgan fingerprint density at radius 3 is 2.33 bits per heavy atom. The van der Waals surface area contributed by atoms with Crippen LogP contribution in [0, 0.1) is 0 Å². The molecule has 0 radical (unpaired) electrons. The molecule has 0 amide bonds. The van der Waals surface area contributed by atoms with Crippen LogP contribution >= 0.6 is 11.8 Å². The normalized spacial score (nSPS) is 11.8. The van der Waals surface area contributed by atoms with E-state index in [1.807, 2.05) is 6.92 Å². The summed E-state index contributed by atoms with van der Waals surface area (Å²) < 4.78 is 5.50. The zero-order chi connectivity index (χ0) is 15.3. The van der Waals surface area contributed by atoms with Gasteiger partial charge in [-0.25, -0.2) is 0 Å². The number of hydrogen-bond donors (Lipinski definition) is 1. The van der Waals surface area contributed by atoms with Gasteiger partial charge in [-0.1, -0.05) is 19.1 Å². The molecule has 0 atom stereocenters. The number of thioether (sulfide) groups is 1. The number of aryl methyl sites for hydroxylation is 1. The fourth-order valence-corrected chi connectivity index (χ4v) is 2.44. The van der Waals surface area contributed by atoms with Gasteiger partial charge in [0.15, 0.2) is 0 Å². The topological polar surface area (TPSA) is 51.0 Å². The molecule has 0 unspecified atom stereocenters. The molecule has 1 N–H and O–H groups in total. The number of aromatic nitrogens is 2. The van der Waals surface area contributed by atoms with E-state index in [1.54, 1.807) is 11.8 Å². The molecule has 0 aliphatic heterocycles. The summed E-state index contributed by atoms with van der Waals surface area (Å²) >= 11 is 1.71. The Hall–Kier alpha value is -1.33. The van der Waals surface area contributed by atoms with E-state index in [4.69, 9.17) is 4.42 Å². The first-order valence-electron chi connectivity index (χ1n) is 7.24. The van der Waals surface area contributed by atoms with Crippen LogP contribution in [0.25, 0.3) is 0 Å². The number of nitrogens with one attached hydrogen (secondary N) is 1. The molecule has 0 fully saturated rings. The van der Waals surface area contributed by atoms with Crippen molar-refractivity contribution in [2.75, 3.05) is 0 Å². The van der Waals surface area contributed by atoms with Gasteiger partial charge in [0.05, 0.1) is 5.75 Å². The maximum atomic E-state index is 5.50. The van der Waals surface area contributed by atoms with Gasteiger partial charge >= 0.3 is 0 Å². The van der Waals surface area contributed by atoms with Crippen molar-refractivity contribution in [2.45, 2.75) is 56.8 Å². The summed E-state index contributed by atoms with van der Waals surface area (Å²) in [4.78, 5) is 1.21. The Morgan fingerprint density at radius 1 is 1.10 bits per heavy atom. The predicted octanol–water partition coefficient (Wildman–Crippen LogP) is 3.81. The van der Waals surface area contributed by atoms with Crippen molar-refractivity contribution in [1.82, 2.24) is 15.5 Å². The van der Waals surface area contributed by atoms with Crippen LogP contribution in [0.2, 0.25) is 0 Å². The van der Waals surface area contributed by atoms with E-state index < -0.39 is 0 Å². The first kappa shape index (κ1) is 16.0. The van der Waals surface area contributed by atoms with Gasteiger partial charge in [-0.3, -0.25) is 0 Å². The summed E-state index contributed by atoms with van der Waals surface area (Å²) in [5.41, 5.74) is 1.43. The summed E-state index contributed by atoms with van der Waals surface area (Å²) in [6.07, 6.45) is 0.785. The van der Waals surface area contributed by atoms with E-state index in [9.17, 15) is 0 Å². The average molecular weight is 305 g/mol. The Balaban J connectivity index is 1.84. The highest BCUT2D eigenvalue weighted by atomic mass is 32.2. The third kappa shape index (κ3) is 5.52. The molecule has 0 aliphatic carbocycles. The standard InChI is InChI=1S/C16H23N3OS/c1-5-14-18-19-15(20-14)11-21-13-8-6-12(7-9-13)10-17-16(2,3)4/h6-9,17H,5,10-11H2,1-4H3. The van der Waals surface area contributed by atoms with Crippen LogP contribution in [0.5, 0.6) is 0 Å². The van der Waals surface area contributed by atoms with E-state index >= 15 is 0 Å². The van der Waals surface area contributed by atoms with Crippen molar-refractivity contribution in [2.24, 2.45) is 0 Å². The number of hydrogen-bond acceptors (Lipinski definition) is 5. The van der Waals surface area contributed by atoms with Crippen LogP contribution in [-0.2, 0) is 18.7 Å². The van der Waals surface area contributed by atoms with Crippen molar-refractivity contribution >= 4 is 11.8 Å². The van der Waals surface area contributed by atoms with Gasteiger partial charge in [-0.15, -0.1) is 22.0 Å². The van der Waals surface area contributed by atoms with Gasteiger partial charge in [0.2, 0.25) is 11.8 Å². The van der Waals surface area contributed by atoms with Crippen LogP contribution in [0.3, 0.4) is 0 Å². The molecule has 4 nitrogen and oxygen atoms in total. The highest BCUT2D eigenvalue weighted by molar-refractivity contribution is 7.98. The average Bonchev–Trinajstić information content (AvgIpc) is 2.91. The minimum Gasteiger partial charge on any atom is -0.424 e. The monoisotopic (exact) mass is 305 g/mol. The third-order valence-corrected chi connectivity index (χ3v) is 3.92. The molecule has 0 bridgehead atoms. The quantitative estimate of drug-likeness (QED) is 0.822. The Morgan fingerprint density at radius 2 is 1.76 bits per heavy atom. The first-order valence-corrected chi connectivity index (χ1v) is 8.23. The van der Waals surface area contributed by atoms with Gasteiger partial charge in [-0.2, -0.15) is 0 Å². The van der Waals surface area contributed by atoms with Gasteiger partial charge in [0, 0.05) is 23.4 Å². The van der Waals surface area contributed by atoms with Crippen LogP contribution < -0.4 is 5.32 Å². The van der Waals surface area contributed by atoms with Crippen LogP contribution in [-0.4, -0.2) is 15.7 Å². The molecule has 1 heterocycles. The molecule has 0 saturated heterocycles. The van der Waals surface area contributed by atoms with Gasteiger partial charge < -0.3 is 9.73 Å². The second kappa shape index (κ2) is 7.09. The lowest BCUT2D eigenvalue weighted by Gasteiger charge is -2.20. The summed E-state index contributed by atoms with van der Waals surface area (Å²) in [5.74, 6) is 2.11. The van der Waals surface area contributed by atoms with Crippen LogP contribution in [0.4, 0.5) is 0 Å². The second-order valence-electron chi connectivity index (χ2n) is 5.98. The molecule has 1 aromatic heterocycles. The minimum absolute atomic E-state index is 0.141. The smallest absolute Gasteiger partial charge is 0.226 e. The molecular weight excluding hydrogens is 282 g/mol. The van der Waals surface area contributed by atoms with E-state index in [0.717, 1.165) is 13.0 Å². The SMILES string of the molecule is CCc1nnc(CSc2ccc(CNC(C)(C)C)cc2)o1. The first-order chi connectivity index (χ1) is 9.96. The van der Waals surface area contributed by atoms with E-state index in [-0.39, 0.29) is 5.54 Å². The van der Waals surface area contributed by atoms with Crippen molar-refractivity contribution in [1.29, 1.82) is 0 Å². The number of nitrogens with zero attached hydrogens (tertiary/aromatic N) is 2. The molecule has 1 aromatic carbocycles. The van der Waals surface area contributed by atoms with Crippen molar-refractivity contribution in [3.63, 3.8) is 0 Å². The lowest BCUT2D eigenvalue weighted by Crippen LogP contribution is -2.35. The maximum absolute atomic E-state index is 5.50. The fourth-order valence-electron chi connectivity index (χ4n) is 1.71. The van der Waals surface area contributed by atoms with Crippen molar-refractivity contribution in [3.05, 3.63) is 41.6 Å². The lowest BCUT2D eigenvalue weighted by atomic mass is 10.1. The fraction of sp³-hybridized carbons (Fsp3) is 0.500. The molecule has 0 spiro atoms. The highest BCUT2D eigenvalue weighted by Gasteiger charge is 2.08. The second-order valence-corrected chi connectivity index (χ2v) is 7.03. The number of rotatable bonds is 6. The molecule has 2 aromatic rings. The Kier molecular flexibility index (Phi) is 5.42. The van der Waals surface area contributed by atoms with E-state index in [1.165, 1.54) is 10.5 Å². The maximum Gasteiger partial charge on any atom is 0.226 e. The Bertz CT molecular complexity index is 558. The molecule has 0 saturated carbocycles. The molecular formula is C16H23N3OS. The molecule has 114 valence electrons. The van der Waals surface area contributed by atoms with Crippen molar-refractivity contribution < 1.29 is 4.42 Å². The lowest BCUT2D eigenvalue weighted by molar-refractivity contribution is 0.424. The summed E-state index contributed by atoms with van der Waals surface area (Å²) in [7, 11) is 0. The van der Waals surface area contributed by atoms with Gasteiger partial charge in [-0.05, 0) is 38.5 Å². The van der Waals surface area contributed by atoms with E-state index in [2.05, 4.69) is 60.6 Å². The molecule has 2 rings (SSSR count). The highest BCUT2D eigenvalue weighted by Crippen LogP contribution is 2.22. The minimum atomic E-state index is 0.141. The van der Waals surface area contributed by atoms with Gasteiger partial charge in [0.25, 0.3) is 0 Å². The molecule has 21 heavy (non-hydrogen) atoms. The summed E-state index contributed by atoms with van der Waals surface area (Å²) in [6, 6.07) is 8.60. The zero-order valence-electron chi connectivity index (χ0n) is 13.1. The Labute approximate surface area is 130 Å². The molecule has 5 heteroatoms. The largest absolute Gasteiger partial charge is 0.424 e. The van der Waals surface area contributed by atoms with Crippen molar-refractivity contribution in [3.8, 4) is 0 Å².